The Hall–Kier alpha value is -3.45. The zero-order valence-electron chi connectivity index (χ0n) is 17.9. The molecule has 4 N–H and O–H groups in total. The lowest BCUT2D eigenvalue weighted by Crippen LogP contribution is -2.13. The van der Waals surface area contributed by atoms with Gasteiger partial charge in [0.1, 0.15) is 28.1 Å². The van der Waals surface area contributed by atoms with Crippen LogP contribution in [0.2, 0.25) is 0 Å². The highest BCUT2D eigenvalue weighted by Crippen LogP contribution is 2.38. The van der Waals surface area contributed by atoms with Crippen molar-refractivity contribution in [2.45, 2.75) is 39.2 Å². The third-order valence-electron chi connectivity index (χ3n) is 4.89. The maximum absolute atomic E-state index is 13.2. The van der Waals surface area contributed by atoms with E-state index in [0.717, 1.165) is 11.6 Å². The maximum atomic E-state index is 13.2. The molecule has 0 aliphatic rings. The summed E-state index contributed by atoms with van der Waals surface area (Å²) in [6.07, 6.45) is 6.32. The van der Waals surface area contributed by atoms with E-state index in [0.29, 0.717) is 12.0 Å². The van der Waals surface area contributed by atoms with Gasteiger partial charge >= 0.3 is 0 Å². The van der Waals surface area contributed by atoms with Crippen LogP contribution in [0.4, 0.5) is 0 Å². The smallest absolute Gasteiger partial charge is 0.204 e. The molecule has 164 valence electrons. The van der Waals surface area contributed by atoms with Crippen molar-refractivity contribution >= 4 is 21.9 Å². The molecule has 0 radical (unpaired) electrons. The number of ether oxygens (including phenoxy) is 1. The summed E-state index contributed by atoms with van der Waals surface area (Å²) in [5, 5.41) is 40.2. The predicted octanol–water partition coefficient (Wildman–Crippen LogP) is 4.28. The molecule has 31 heavy (non-hydrogen) atoms. The summed E-state index contributed by atoms with van der Waals surface area (Å²) in [7, 11) is 1.39. The van der Waals surface area contributed by atoms with Gasteiger partial charge in [0.25, 0.3) is 0 Å². The number of phenolic OH excluding ortho intramolecular Hbond substituents is 3. The molecule has 0 amide bonds. The number of methoxy groups -OCH3 is 1. The number of rotatable bonds is 6. The Morgan fingerprint density at radius 2 is 1.77 bits per heavy atom. The zero-order chi connectivity index (χ0) is 22.9. The first-order valence-corrected chi connectivity index (χ1v) is 9.79. The minimum Gasteiger partial charge on any atom is -0.508 e. The van der Waals surface area contributed by atoms with E-state index in [-0.39, 0.29) is 45.6 Å². The molecule has 1 aromatic heterocycles. The molecule has 7 heteroatoms. The van der Waals surface area contributed by atoms with E-state index >= 15 is 0 Å². The van der Waals surface area contributed by atoms with E-state index in [9.17, 15) is 25.2 Å². The van der Waals surface area contributed by atoms with Gasteiger partial charge in [0.2, 0.25) is 5.43 Å². The Bertz CT molecular complexity index is 1260. The summed E-state index contributed by atoms with van der Waals surface area (Å²) in [5.74, 6) is -0.686. The summed E-state index contributed by atoms with van der Waals surface area (Å²) < 4.78 is 11.1. The average molecular weight is 426 g/mol. The first kappa shape index (κ1) is 22.2. The molecule has 0 saturated carbocycles. The lowest BCUT2D eigenvalue weighted by molar-refractivity contribution is 0.133. The van der Waals surface area contributed by atoms with E-state index in [1.807, 2.05) is 19.1 Å². The molecule has 3 rings (SSSR count). The number of aromatic hydroxyl groups is 3. The summed E-state index contributed by atoms with van der Waals surface area (Å²) in [4.78, 5) is 13.2. The highest BCUT2D eigenvalue weighted by Gasteiger charge is 2.21. The van der Waals surface area contributed by atoms with E-state index in [4.69, 9.17) is 9.15 Å². The van der Waals surface area contributed by atoms with Crippen LogP contribution in [0.25, 0.3) is 21.9 Å². The minimum atomic E-state index is -0.901. The number of allylic oxidation sites excluding steroid dienone is 3. The monoisotopic (exact) mass is 426 g/mol. The van der Waals surface area contributed by atoms with Crippen molar-refractivity contribution < 1.29 is 29.6 Å². The Morgan fingerprint density at radius 3 is 2.42 bits per heavy atom. The molecule has 3 aromatic rings. The average Bonchev–Trinajstić information content (AvgIpc) is 2.64. The second-order valence-corrected chi connectivity index (χ2v) is 8.06. The first-order valence-electron chi connectivity index (χ1n) is 9.79. The van der Waals surface area contributed by atoms with Gasteiger partial charge in [-0.3, -0.25) is 4.79 Å². The van der Waals surface area contributed by atoms with Crippen LogP contribution in [0.1, 0.15) is 32.8 Å². The molecule has 0 bridgehead atoms. The van der Waals surface area contributed by atoms with E-state index in [1.165, 1.54) is 19.2 Å². The quantitative estimate of drug-likeness (QED) is 0.343. The molecule has 2 aromatic carbocycles. The third kappa shape index (κ3) is 4.67. The molecule has 0 aliphatic heterocycles. The Kier molecular flexibility index (Phi) is 5.99. The number of hydrogen-bond donors (Lipinski definition) is 4. The molecule has 0 aliphatic carbocycles. The van der Waals surface area contributed by atoms with E-state index < -0.39 is 16.8 Å². The number of phenols is 3. The SMILES string of the molecule is COc1c(O)cc2oc3cc(O)cc(O)c3c(=O)c2c1C/C=C(\C)C/C=C/C(C)(C)O. The van der Waals surface area contributed by atoms with Crippen LogP contribution in [-0.2, 0) is 6.42 Å². The third-order valence-corrected chi connectivity index (χ3v) is 4.89. The second-order valence-electron chi connectivity index (χ2n) is 8.06. The van der Waals surface area contributed by atoms with Crippen LogP contribution in [0, 0.1) is 0 Å². The van der Waals surface area contributed by atoms with Crippen molar-refractivity contribution in [2.24, 2.45) is 0 Å². The molecule has 0 fully saturated rings. The molecular weight excluding hydrogens is 400 g/mol. The summed E-state index contributed by atoms with van der Waals surface area (Å²) in [6, 6.07) is 3.58. The highest BCUT2D eigenvalue weighted by molar-refractivity contribution is 5.96. The van der Waals surface area contributed by atoms with Crippen molar-refractivity contribution in [3.63, 3.8) is 0 Å². The van der Waals surface area contributed by atoms with Crippen LogP contribution >= 0.6 is 0 Å². The number of aliphatic hydroxyl groups is 1. The Labute approximate surface area is 179 Å². The summed E-state index contributed by atoms with van der Waals surface area (Å²) in [6.45, 7) is 5.29. The van der Waals surface area contributed by atoms with Gasteiger partial charge in [0.05, 0.1) is 18.1 Å². The lowest BCUT2D eigenvalue weighted by Gasteiger charge is -2.13. The Morgan fingerprint density at radius 1 is 1.10 bits per heavy atom. The van der Waals surface area contributed by atoms with E-state index in [1.54, 1.807) is 19.9 Å². The Balaban J connectivity index is 2.17. The van der Waals surface area contributed by atoms with Crippen LogP contribution in [0.3, 0.4) is 0 Å². The van der Waals surface area contributed by atoms with Crippen LogP contribution < -0.4 is 10.2 Å². The summed E-state index contributed by atoms with van der Waals surface area (Å²) >= 11 is 0. The lowest BCUT2D eigenvalue weighted by atomic mass is 9.99. The van der Waals surface area contributed by atoms with Crippen molar-refractivity contribution in [1.29, 1.82) is 0 Å². The highest BCUT2D eigenvalue weighted by atomic mass is 16.5. The topological polar surface area (TPSA) is 120 Å². The van der Waals surface area contributed by atoms with Crippen LogP contribution in [-0.4, -0.2) is 33.1 Å². The number of benzene rings is 2. The first-order chi connectivity index (χ1) is 14.5. The molecule has 0 saturated heterocycles. The van der Waals surface area contributed by atoms with Gasteiger partial charge in [-0.25, -0.2) is 0 Å². The van der Waals surface area contributed by atoms with Gasteiger partial charge in [-0.1, -0.05) is 23.8 Å². The van der Waals surface area contributed by atoms with Gasteiger partial charge in [-0.15, -0.1) is 0 Å². The predicted molar refractivity (Wildman–Crippen MR) is 119 cm³/mol. The van der Waals surface area contributed by atoms with E-state index in [2.05, 4.69) is 0 Å². The van der Waals surface area contributed by atoms with Crippen molar-refractivity contribution in [2.75, 3.05) is 7.11 Å². The number of hydrogen-bond acceptors (Lipinski definition) is 7. The second kappa shape index (κ2) is 8.35. The molecule has 0 unspecified atom stereocenters. The van der Waals surface area contributed by atoms with Crippen LogP contribution in [0.5, 0.6) is 23.0 Å². The fraction of sp³-hybridized carbons (Fsp3) is 0.292. The fourth-order valence-corrected chi connectivity index (χ4v) is 3.46. The molecular formula is C24H26O7. The van der Waals surface area contributed by atoms with Gasteiger partial charge in [-0.05, 0) is 33.6 Å². The van der Waals surface area contributed by atoms with Gasteiger partial charge < -0.3 is 29.6 Å². The van der Waals surface area contributed by atoms with Gasteiger partial charge in [-0.2, -0.15) is 0 Å². The van der Waals surface area contributed by atoms with Crippen LogP contribution in [0.15, 0.2) is 51.2 Å². The normalized spacial score (nSPS) is 12.9. The summed E-state index contributed by atoms with van der Waals surface area (Å²) in [5.41, 5.74) is 0.137. The minimum absolute atomic E-state index is 0.00833. The van der Waals surface area contributed by atoms with Gasteiger partial charge in [0, 0.05) is 23.8 Å². The number of fused-ring (bicyclic) bond motifs is 2. The molecule has 1 heterocycles. The van der Waals surface area contributed by atoms with Crippen molar-refractivity contribution in [3.05, 3.63) is 57.8 Å². The molecule has 0 atom stereocenters. The zero-order valence-corrected chi connectivity index (χ0v) is 17.9. The standard InChI is InChI=1S/C24H26O7/c1-13(6-5-9-24(2,3)29)7-8-15-20-19(12-17(27)23(15)30-4)31-18-11-14(25)10-16(26)21(18)22(20)28/h5,7,9-12,25-27,29H,6,8H2,1-4H3/b9-5+,13-7+. The van der Waals surface area contributed by atoms with Crippen molar-refractivity contribution in [3.8, 4) is 23.0 Å². The molecule has 7 nitrogen and oxygen atoms in total. The van der Waals surface area contributed by atoms with Gasteiger partial charge in [0.15, 0.2) is 11.5 Å². The fourth-order valence-electron chi connectivity index (χ4n) is 3.46. The maximum Gasteiger partial charge on any atom is 0.204 e. The largest absolute Gasteiger partial charge is 0.508 e. The molecule has 0 spiro atoms. The van der Waals surface area contributed by atoms with Crippen molar-refractivity contribution in [1.82, 2.24) is 0 Å².